The van der Waals surface area contributed by atoms with Crippen LogP contribution in [0.2, 0.25) is 0 Å². The van der Waals surface area contributed by atoms with Crippen LogP contribution in [-0.2, 0) is 16.8 Å². The minimum atomic E-state index is -0.497. The second-order valence-electron chi connectivity index (χ2n) is 5.20. The Kier molecular flexibility index (Phi) is 2.97. The van der Waals surface area contributed by atoms with E-state index in [1.54, 1.807) is 19.6 Å². The molecule has 1 aromatic heterocycles. The fourth-order valence-electron chi connectivity index (χ4n) is 2.53. The number of benzene rings is 1. The Morgan fingerprint density at radius 2 is 2.10 bits per heavy atom. The van der Waals surface area contributed by atoms with E-state index in [1.807, 2.05) is 28.8 Å². The Bertz CT molecular complexity index is 627. The summed E-state index contributed by atoms with van der Waals surface area (Å²) >= 11 is 0. The molecule has 3 rings (SSSR count). The normalized spacial score (nSPS) is 15.8. The van der Waals surface area contributed by atoms with Gasteiger partial charge in [-0.25, -0.2) is 4.98 Å². The third-order valence-corrected chi connectivity index (χ3v) is 3.94. The molecule has 1 fully saturated rings. The number of methoxy groups -OCH3 is 1. The van der Waals surface area contributed by atoms with Gasteiger partial charge >= 0.3 is 0 Å². The molecule has 1 saturated carbocycles. The number of nitrogens with two attached hydrogens (primary N) is 1. The van der Waals surface area contributed by atoms with Crippen LogP contribution in [0.4, 0.5) is 0 Å². The Labute approximate surface area is 117 Å². The van der Waals surface area contributed by atoms with Gasteiger partial charge < -0.3 is 15.0 Å². The molecule has 104 valence electrons. The number of hydrogen-bond acceptors (Lipinski definition) is 3. The van der Waals surface area contributed by atoms with Gasteiger partial charge in [-0.3, -0.25) is 4.79 Å². The van der Waals surface area contributed by atoms with E-state index >= 15 is 0 Å². The first kappa shape index (κ1) is 12.7. The largest absolute Gasteiger partial charge is 0.497 e. The molecule has 1 heterocycles. The van der Waals surface area contributed by atoms with E-state index in [4.69, 9.17) is 10.5 Å². The molecule has 1 aliphatic rings. The number of rotatable bonds is 5. The van der Waals surface area contributed by atoms with Gasteiger partial charge in [-0.1, -0.05) is 12.1 Å². The van der Waals surface area contributed by atoms with E-state index in [9.17, 15) is 4.79 Å². The Balaban J connectivity index is 1.85. The number of hydrogen-bond donors (Lipinski definition) is 1. The number of primary amides is 1. The Morgan fingerprint density at radius 3 is 2.65 bits per heavy atom. The van der Waals surface area contributed by atoms with Crippen molar-refractivity contribution in [2.45, 2.75) is 24.8 Å². The maximum atomic E-state index is 11.6. The standard InChI is InChI=1S/C15H17N3O2/c1-20-12-4-2-11(3-5-12)9-18-10-17-8-13(18)15(6-7-15)14(16)19/h2-5,8,10H,6-7,9H2,1H3,(H2,16,19). The van der Waals surface area contributed by atoms with E-state index in [1.165, 1.54) is 0 Å². The number of nitrogens with zero attached hydrogens (tertiary/aromatic N) is 2. The molecule has 1 aromatic carbocycles. The zero-order valence-corrected chi connectivity index (χ0v) is 11.4. The average molecular weight is 271 g/mol. The summed E-state index contributed by atoms with van der Waals surface area (Å²) in [6, 6.07) is 7.86. The van der Waals surface area contributed by atoms with Crippen molar-refractivity contribution in [1.82, 2.24) is 9.55 Å². The lowest BCUT2D eigenvalue weighted by atomic mass is 10.0. The molecule has 1 aliphatic carbocycles. The topological polar surface area (TPSA) is 70.1 Å². The van der Waals surface area contributed by atoms with Crippen LogP contribution in [0, 0.1) is 0 Å². The van der Waals surface area contributed by atoms with Crippen molar-refractivity contribution in [2.75, 3.05) is 7.11 Å². The van der Waals surface area contributed by atoms with Gasteiger partial charge in [0.05, 0.1) is 24.5 Å². The predicted octanol–water partition coefficient (Wildman–Crippen LogP) is 1.46. The predicted molar refractivity (Wildman–Crippen MR) is 74.4 cm³/mol. The molecule has 0 atom stereocenters. The van der Waals surface area contributed by atoms with Crippen molar-refractivity contribution in [3.8, 4) is 5.75 Å². The highest BCUT2D eigenvalue weighted by Crippen LogP contribution is 2.47. The van der Waals surface area contributed by atoms with Gasteiger partial charge in [0.25, 0.3) is 0 Å². The summed E-state index contributed by atoms with van der Waals surface area (Å²) < 4.78 is 7.14. The van der Waals surface area contributed by atoms with Gasteiger partial charge in [0, 0.05) is 12.7 Å². The average Bonchev–Trinajstić information content (AvgIpc) is 3.15. The fourth-order valence-corrected chi connectivity index (χ4v) is 2.53. The minimum Gasteiger partial charge on any atom is -0.497 e. The minimum absolute atomic E-state index is 0.256. The highest BCUT2D eigenvalue weighted by Gasteiger charge is 2.52. The number of imidazole rings is 1. The summed E-state index contributed by atoms with van der Waals surface area (Å²) in [4.78, 5) is 15.8. The molecule has 5 heteroatoms. The van der Waals surface area contributed by atoms with Crippen molar-refractivity contribution >= 4 is 5.91 Å². The second kappa shape index (κ2) is 4.67. The van der Waals surface area contributed by atoms with Gasteiger partial charge in [-0.2, -0.15) is 0 Å². The lowest BCUT2D eigenvalue weighted by Crippen LogP contribution is -2.30. The van der Waals surface area contributed by atoms with E-state index in [0.29, 0.717) is 6.54 Å². The van der Waals surface area contributed by atoms with E-state index in [-0.39, 0.29) is 5.91 Å². The molecule has 0 radical (unpaired) electrons. The molecule has 1 amide bonds. The molecule has 2 N–H and O–H groups in total. The molecule has 20 heavy (non-hydrogen) atoms. The smallest absolute Gasteiger partial charge is 0.229 e. The van der Waals surface area contributed by atoms with E-state index in [0.717, 1.165) is 29.8 Å². The van der Waals surface area contributed by atoms with Crippen LogP contribution in [0.15, 0.2) is 36.8 Å². The third-order valence-electron chi connectivity index (χ3n) is 3.94. The lowest BCUT2D eigenvalue weighted by molar-refractivity contribution is -0.120. The number of carbonyl (C=O) groups is 1. The first-order valence-corrected chi connectivity index (χ1v) is 6.59. The van der Waals surface area contributed by atoms with Gasteiger partial charge in [0.1, 0.15) is 5.75 Å². The van der Waals surface area contributed by atoms with Crippen molar-refractivity contribution in [1.29, 1.82) is 0 Å². The molecule has 0 saturated heterocycles. The summed E-state index contributed by atoms with van der Waals surface area (Å²) in [6.45, 7) is 0.675. The molecule has 2 aromatic rings. The van der Waals surface area contributed by atoms with E-state index in [2.05, 4.69) is 4.98 Å². The summed E-state index contributed by atoms with van der Waals surface area (Å²) in [5, 5.41) is 0. The zero-order chi connectivity index (χ0) is 14.2. The van der Waals surface area contributed by atoms with Gasteiger partial charge in [0.15, 0.2) is 0 Å². The van der Waals surface area contributed by atoms with Crippen molar-refractivity contribution in [3.63, 3.8) is 0 Å². The van der Waals surface area contributed by atoms with Gasteiger partial charge in [-0.15, -0.1) is 0 Å². The van der Waals surface area contributed by atoms with Crippen LogP contribution >= 0.6 is 0 Å². The van der Waals surface area contributed by atoms with Crippen molar-refractivity contribution in [2.24, 2.45) is 5.73 Å². The number of ether oxygens (including phenoxy) is 1. The van der Waals surface area contributed by atoms with Crippen LogP contribution in [-0.4, -0.2) is 22.6 Å². The maximum Gasteiger partial charge on any atom is 0.229 e. The molecule has 5 nitrogen and oxygen atoms in total. The molecule has 0 bridgehead atoms. The Hall–Kier alpha value is -2.30. The van der Waals surface area contributed by atoms with Crippen LogP contribution in [0.3, 0.4) is 0 Å². The monoisotopic (exact) mass is 271 g/mol. The quantitative estimate of drug-likeness (QED) is 0.895. The maximum absolute atomic E-state index is 11.6. The van der Waals surface area contributed by atoms with Crippen LogP contribution in [0.5, 0.6) is 5.75 Å². The molecular formula is C15H17N3O2. The molecule has 0 aliphatic heterocycles. The molecule has 0 spiro atoms. The fraction of sp³-hybridized carbons (Fsp3) is 0.333. The molecular weight excluding hydrogens is 254 g/mol. The third kappa shape index (κ3) is 2.05. The highest BCUT2D eigenvalue weighted by atomic mass is 16.5. The van der Waals surface area contributed by atoms with Crippen LogP contribution in [0.25, 0.3) is 0 Å². The van der Waals surface area contributed by atoms with E-state index < -0.39 is 5.41 Å². The number of aromatic nitrogens is 2. The van der Waals surface area contributed by atoms with Crippen LogP contribution in [0.1, 0.15) is 24.1 Å². The SMILES string of the molecule is COc1ccc(Cn2cncc2C2(C(N)=O)CC2)cc1. The summed E-state index contributed by atoms with van der Waals surface area (Å²) in [5.74, 6) is 0.574. The highest BCUT2D eigenvalue weighted by molar-refractivity contribution is 5.89. The summed E-state index contributed by atoms with van der Waals surface area (Å²) in [5.41, 5.74) is 7.08. The lowest BCUT2D eigenvalue weighted by Gasteiger charge is -2.14. The number of carbonyl (C=O) groups excluding carboxylic acids is 1. The Morgan fingerprint density at radius 1 is 1.40 bits per heavy atom. The van der Waals surface area contributed by atoms with Gasteiger partial charge in [-0.05, 0) is 30.5 Å². The summed E-state index contributed by atoms with van der Waals surface area (Å²) in [6.07, 6.45) is 5.14. The zero-order valence-electron chi connectivity index (χ0n) is 11.4. The summed E-state index contributed by atoms with van der Waals surface area (Å²) in [7, 11) is 1.65. The number of amides is 1. The first-order chi connectivity index (χ1) is 9.65. The second-order valence-corrected chi connectivity index (χ2v) is 5.20. The van der Waals surface area contributed by atoms with Crippen molar-refractivity contribution in [3.05, 3.63) is 48.0 Å². The first-order valence-electron chi connectivity index (χ1n) is 6.59. The van der Waals surface area contributed by atoms with Crippen LogP contribution < -0.4 is 10.5 Å². The van der Waals surface area contributed by atoms with Crippen molar-refractivity contribution < 1.29 is 9.53 Å². The molecule has 0 unspecified atom stereocenters. The van der Waals surface area contributed by atoms with Gasteiger partial charge in [0.2, 0.25) is 5.91 Å².